The first kappa shape index (κ1) is 13.2. The van der Waals surface area contributed by atoms with E-state index in [1.54, 1.807) is 6.08 Å². The highest BCUT2D eigenvalue weighted by molar-refractivity contribution is 5.87. The molecular formula is C12H21FN2O. The monoisotopic (exact) mass is 228 g/mol. The van der Waals surface area contributed by atoms with Crippen LogP contribution in [0.1, 0.15) is 27.2 Å². The van der Waals surface area contributed by atoms with Crippen LogP contribution >= 0.6 is 0 Å². The van der Waals surface area contributed by atoms with E-state index < -0.39 is 6.17 Å². The lowest BCUT2D eigenvalue weighted by Gasteiger charge is -2.19. The summed E-state index contributed by atoms with van der Waals surface area (Å²) in [5.41, 5.74) is -0.209. The van der Waals surface area contributed by atoms with Crippen molar-refractivity contribution in [3.8, 4) is 0 Å². The molecule has 0 aromatic carbocycles. The third-order valence-electron chi connectivity index (χ3n) is 2.35. The maximum atomic E-state index is 12.8. The number of alkyl halides is 1. The first-order valence-corrected chi connectivity index (χ1v) is 5.72. The van der Waals surface area contributed by atoms with E-state index in [2.05, 4.69) is 5.32 Å². The molecule has 92 valence electrons. The number of amides is 1. The molecule has 0 radical (unpaired) electrons. The molecule has 1 amide bonds. The Morgan fingerprint density at radius 2 is 2.25 bits per heavy atom. The van der Waals surface area contributed by atoms with E-state index in [4.69, 9.17) is 0 Å². The van der Waals surface area contributed by atoms with Crippen molar-refractivity contribution < 1.29 is 9.18 Å². The van der Waals surface area contributed by atoms with Gasteiger partial charge in [0.25, 0.3) is 0 Å². The topological polar surface area (TPSA) is 32.3 Å². The van der Waals surface area contributed by atoms with Gasteiger partial charge in [-0.05, 0) is 27.2 Å². The molecule has 1 atom stereocenters. The van der Waals surface area contributed by atoms with Crippen molar-refractivity contribution in [2.75, 3.05) is 19.6 Å². The minimum atomic E-state index is -0.697. The molecule has 3 nitrogen and oxygen atoms in total. The summed E-state index contributed by atoms with van der Waals surface area (Å²) < 4.78 is 12.8. The van der Waals surface area contributed by atoms with Gasteiger partial charge in [-0.2, -0.15) is 0 Å². The van der Waals surface area contributed by atoms with Gasteiger partial charge in [0.1, 0.15) is 6.17 Å². The maximum Gasteiger partial charge on any atom is 0.244 e. The highest BCUT2D eigenvalue weighted by atomic mass is 19.1. The van der Waals surface area contributed by atoms with E-state index in [-0.39, 0.29) is 11.4 Å². The second kappa shape index (κ2) is 5.43. The number of nitrogens with one attached hydrogen (secondary N) is 1. The van der Waals surface area contributed by atoms with Crippen molar-refractivity contribution in [3.05, 3.63) is 12.2 Å². The lowest BCUT2D eigenvalue weighted by Crippen LogP contribution is -2.39. The SMILES string of the molecule is CC(C)(C)NC(=O)/C=C/CN1CCC(F)C1. The van der Waals surface area contributed by atoms with Crippen molar-refractivity contribution in [2.45, 2.75) is 38.9 Å². The van der Waals surface area contributed by atoms with Crippen LogP contribution in [0, 0.1) is 0 Å². The van der Waals surface area contributed by atoms with Gasteiger partial charge in [-0.1, -0.05) is 6.08 Å². The Kier molecular flexibility index (Phi) is 4.47. The van der Waals surface area contributed by atoms with Gasteiger partial charge in [0.15, 0.2) is 0 Å². The molecule has 0 bridgehead atoms. The third kappa shape index (κ3) is 5.26. The van der Waals surface area contributed by atoms with Gasteiger partial charge in [-0.3, -0.25) is 9.69 Å². The van der Waals surface area contributed by atoms with Crippen LogP contribution in [0.2, 0.25) is 0 Å². The smallest absolute Gasteiger partial charge is 0.244 e. The van der Waals surface area contributed by atoms with E-state index in [1.807, 2.05) is 25.7 Å². The van der Waals surface area contributed by atoms with Crippen molar-refractivity contribution in [1.82, 2.24) is 10.2 Å². The molecule has 0 saturated carbocycles. The first-order chi connectivity index (χ1) is 7.37. The molecule has 1 aliphatic rings. The van der Waals surface area contributed by atoms with Crippen LogP contribution in [0.5, 0.6) is 0 Å². The maximum absolute atomic E-state index is 12.8. The molecule has 16 heavy (non-hydrogen) atoms. The Morgan fingerprint density at radius 1 is 1.56 bits per heavy atom. The van der Waals surface area contributed by atoms with Crippen LogP contribution in [0.15, 0.2) is 12.2 Å². The van der Waals surface area contributed by atoms with Crippen LogP contribution < -0.4 is 5.32 Å². The first-order valence-electron chi connectivity index (χ1n) is 5.72. The van der Waals surface area contributed by atoms with Gasteiger partial charge in [0, 0.05) is 31.2 Å². The summed E-state index contributed by atoms with van der Waals surface area (Å²) in [6, 6.07) is 0. The zero-order valence-electron chi connectivity index (χ0n) is 10.3. The number of rotatable bonds is 3. The Labute approximate surface area is 96.7 Å². The molecule has 1 saturated heterocycles. The van der Waals surface area contributed by atoms with Crippen LogP contribution in [0.25, 0.3) is 0 Å². The molecule has 0 spiro atoms. The fraction of sp³-hybridized carbons (Fsp3) is 0.750. The number of carbonyl (C=O) groups is 1. The quantitative estimate of drug-likeness (QED) is 0.742. The molecular weight excluding hydrogens is 207 g/mol. The molecule has 1 heterocycles. The summed E-state index contributed by atoms with van der Waals surface area (Å²) in [7, 11) is 0. The van der Waals surface area contributed by atoms with E-state index >= 15 is 0 Å². The standard InChI is InChI=1S/C12H21FN2O/c1-12(2,3)14-11(16)5-4-7-15-8-6-10(13)9-15/h4-5,10H,6-9H2,1-3H3,(H,14,16)/b5-4+. The van der Waals surface area contributed by atoms with Crippen molar-refractivity contribution in [1.29, 1.82) is 0 Å². The summed E-state index contributed by atoms with van der Waals surface area (Å²) in [4.78, 5) is 13.4. The average molecular weight is 228 g/mol. The van der Waals surface area contributed by atoms with E-state index in [0.29, 0.717) is 19.5 Å². The van der Waals surface area contributed by atoms with Crippen molar-refractivity contribution >= 4 is 5.91 Å². The highest BCUT2D eigenvalue weighted by Gasteiger charge is 2.20. The van der Waals surface area contributed by atoms with E-state index in [0.717, 1.165) is 6.54 Å². The second-order valence-electron chi connectivity index (χ2n) is 5.29. The number of hydrogen-bond acceptors (Lipinski definition) is 2. The minimum absolute atomic E-state index is 0.0940. The normalized spacial score (nSPS) is 22.9. The van der Waals surface area contributed by atoms with Crippen LogP contribution in [0.3, 0.4) is 0 Å². The molecule has 0 aromatic heterocycles. The summed E-state index contributed by atoms with van der Waals surface area (Å²) in [5, 5.41) is 2.83. The number of halogens is 1. The zero-order chi connectivity index (χ0) is 12.2. The molecule has 1 fully saturated rings. The summed E-state index contributed by atoms with van der Waals surface area (Å²) in [5.74, 6) is -0.0940. The number of carbonyl (C=O) groups excluding carboxylic acids is 1. The molecule has 1 N–H and O–H groups in total. The van der Waals surface area contributed by atoms with Gasteiger partial charge in [0.2, 0.25) is 5.91 Å². The van der Waals surface area contributed by atoms with Gasteiger partial charge in [0.05, 0.1) is 0 Å². The fourth-order valence-corrected chi connectivity index (χ4v) is 1.67. The van der Waals surface area contributed by atoms with Crippen molar-refractivity contribution in [2.24, 2.45) is 0 Å². The fourth-order valence-electron chi connectivity index (χ4n) is 1.67. The molecule has 4 heteroatoms. The molecule has 1 rings (SSSR count). The predicted octanol–water partition coefficient (Wildman–Crippen LogP) is 1.50. The van der Waals surface area contributed by atoms with Crippen LogP contribution in [-0.4, -0.2) is 42.2 Å². The molecule has 0 aromatic rings. The van der Waals surface area contributed by atoms with Gasteiger partial charge >= 0.3 is 0 Å². The van der Waals surface area contributed by atoms with Crippen molar-refractivity contribution in [3.63, 3.8) is 0 Å². The largest absolute Gasteiger partial charge is 0.348 e. The third-order valence-corrected chi connectivity index (χ3v) is 2.35. The molecule has 1 unspecified atom stereocenters. The molecule has 0 aliphatic carbocycles. The van der Waals surface area contributed by atoms with Gasteiger partial charge in [-0.25, -0.2) is 4.39 Å². The predicted molar refractivity (Wildman–Crippen MR) is 63.0 cm³/mol. The Bertz CT molecular complexity index is 271. The number of nitrogens with zero attached hydrogens (tertiary/aromatic N) is 1. The van der Waals surface area contributed by atoms with Crippen LogP contribution in [0.4, 0.5) is 4.39 Å². The summed E-state index contributed by atoms with van der Waals surface area (Å²) in [6.07, 6.45) is 3.23. The van der Waals surface area contributed by atoms with Crippen LogP contribution in [-0.2, 0) is 4.79 Å². The number of likely N-dealkylation sites (tertiary alicyclic amines) is 1. The number of hydrogen-bond donors (Lipinski definition) is 1. The Balaban J connectivity index is 2.24. The Hall–Kier alpha value is -0.900. The average Bonchev–Trinajstić information content (AvgIpc) is 2.48. The van der Waals surface area contributed by atoms with Gasteiger partial charge in [-0.15, -0.1) is 0 Å². The minimum Gasteiger partial charge on any atom is -0.348 e. The Morgan fingerprint density at radius 3 is 2.75 bits per heavy atom. The highest BCUT2D eigenvalue weighted by Crippen LogP contribution is 2.11. The zero-order valence-corrected chi connectivity index (χ0v) is 10.3. The van der Waals surface area contributed by atoms with E-state index in [1.165, 1.54) is 6.08 Å². The summed E-state index contributed by atoms with van der Waals surface area (Å²) in [6.45, 7) is 7.74. The lowest BCUT2D eigenvalue weighted by atomic mass is 10.1. The van der Waals surface area contributed by atoms with E-state index in [9.17, 15) is 9.18 Å². The lowest BCUT2D eigenvalue weighted by molar-refractivity contribution is -0.117. The summed E-state index contributed by atoms with van der Waals surface area (Å²) >= 11 is 0. The second-order valence-corrected chi connectivity index (χ2v) is 5.29. The molecule has 1 aliphatic heterocycles. The van der Waals surface area contributed by atoms with Gasteiger partial charge < -0.3 is 5.32 Å².